The summed E-state index contributed by atoms with van der Waals surface area (Å²) in [7, 11) is 1.38. The van der Waals surface area contributed by atoms with E-state index >= 15 is 0 Å². The molecule has 0 saturated heterocycles. The van der Waals surface area contributed by atoms with Gasteiger partial charge in [0.25, 0.3) is 0 Å². The number of halogens is 1. The second-order valence-electron chi connectivity index (χ2n) is 7.41. The highest BCUT2D eigenvalue weighted by Gasteiger charge is 2.30. The number of carbonyl (C=O) groups excluding carboxylic acids is 2. The smallest absolute Gasteiger partial charge is 0.339 e. The fourth-order valence-electron chi connectivity index (χ4n) is 3.00. The molecule has 1 aliphatic rings. The van der Waals surface area contributed by atoms with Crippen LogP contribution in [0.1, 0.15) is 56.8 Å². The topological polar surface area (TPSA) is 64.6 Å². The average molecular weight is 412 g/mol. The van der Waals surface area contributed by atoms with Crippen LogP contribution in [0.2, 0.25) is 0 Å². The Bertz CT molecular complexity index is 631. The molecule has 1 N–H and O–H groups in total. The zero-order valence-electron chi connectivity index (χ0n) is 15.2. The summed E-state index contributed by atoms with van der Waals surface area (Å²) in [5.74, 6) is -0.513. The predicted molar refractivity (Wildman–Crippen MR) is 101 cm³/mol. The standard InChI is InChI=1S/C19H26BrNO4/c1-19(2,3)25-17(22)12-5-8-14(9-6-12)21-16-11-13(20)7-10-15(16)18(23)24-4/h7,10-12,14,21H,5-6,8-9H2,1-4H3. The third-order valence-electron chi connectivity index (χ3n) is 4.21. The van der Waals surface area contributed by atoms with E-state index in [4.69, 9.17) is 9.47 Å². The van der Waals surface area contributed by atoms with Crippen molar-refractivity contribution >= 4 is 33.6 Å². The summed E-state index contributed by atoms with van der Waals surface area (Å²) in [5, 5.41) is 3.43. The first-order chi connectivity index (χ1) is 11.7. The van der Waals surface area contributed by atoms with Crippen LogP contribution in [0.5, 0.6) is 0 Å². The second kappa shape index (κ2) is 8.21. The van der Waals surface area contributed by atoms with Gasteiger partial charge in [-0.3, -0.25) is 4.79 Å². The molecule has 0 spiro atoms. The Morgan fingerprint density at radius 3 is 2.36 bits per heavy atom. The van der Waals surface area contributed by atoms with Gasteiger partial charge in [0.1, 0.15) is 5.60 Å². The van der Waals surface area contributed by atoms with Crippen LogP contribution < -0.4 is 5.32 Å². The largest absolute Gasteiger partial charge is 0.465 e. The van der Waals surface area contributed by atoms with Gasteiger partial charge in [-0.05, 0) is 64.7 Å². The number of methoxy groups -OCH3 is 1. The van der Waals surface area contributed by atoms with E-state index < -0.39 is 5.60 Å². The Hall–Kier alpha value is -1.56. The summed E-state index contributed by atoms with van der Waals surface area (Å²) in [4.78, 5) is 24.1. The highest BCUT2D eigenvalue weighted by Crippen LogP contribution is 2.30. The fraction of sp³-hybridized carbons (Fsp3) is 0.579. The van der Waals surface area contributed by atoms with Crippen LogP contribution in [0.3, 0.4) is 0 Å². The van der Waals surface area contributed by atoms with E-state index in [1.165, 1.54) is 7.11 Å². The van der Waals surface area contributed by atoms with Gasteiger partial charge in [0.15, 0.2) is 0 Å². The van der Waals surface area contributed by atoms with Crippen molar-refractivity contribution in [2.45, 2.75) is 58.1 Å². The number of benzene rings is 1. The van der Waals surface area contributed by atoms with Gasteiger partial charge in [-0.25, -0.2) is 4.79 Å². The molecule has 0 amide bonds. The van der Waals surface area contributed by atoms with Gasteiger partial charge in [-0.15, -0.1) is 0 Å². The van der Waals surface area contributed by atoms with Crippen LogP contribution in [-0.2, 0) is 14.3 Å². The van der Waals surface area contributed by atoms with Crippen molar-refractivity contribution in [1.82, 2.24) is 0 Å². The van der Waals surface area contributed by atoms with Crippen molar-refractivity contribution in [3.63, 3.8) is 0 Å². The number of hydrogen-bond acceptors (Lipinski definition) is 5. The van der Waals surface area contributed by atoms with Crippen molar-refractivity contribution in [2.24, 2.45) is 5.92 Å². The van der Waals surface area contributed by atoms with E-state index in [9.17, 15) is 9.59 Å². The molecule has 1 saturated carbocycles. The van der Waals surface area contributed by atoms with E-state index in [-0.39, 0.29) is 23.9 Å². The maximum absolute atomic E-state index is 12.2. The highest BCUT2D eigenvalue weighted by molar-refractivity contribution is 9.10. The van der Waals surface area contributed by atoms with Crippen LogP contribution in [0, 0.1) is 5.92 Å². The Balaban J connectivity index is 1.97. The van der Waals surface area contributed by atoms with Crippen LogP contribution >= 0.6 is 15.9 Å². The van der Waals surface area contributed by atoms with Crippen molar-refractivity contribution < 1.29 is 19.1 Å². The molecule has 0 bridgehead atoms. The van der Waals surface area contributed by atoms with Crippen molar-refractivity contribution in [3.8, 4) is 0 Å². The van der Waals surface area contributed by atoms with Crippen LogP contribution in [-0.4, -0.2) is 30.7 Å². The first-order valence-corrected chi connectivity index (χ1v) is 9.36. The molecule has 0 unspecified atom stereocenters. The summed E-state index contributed by atoms with van der Waals surface area (Å²) in [6, 6.07) is 5.66. The quantitative estimate of drug-likeness (QED) is 0.736. The van der Waals surface area contributed by atoms with Crippen LogP contribution in [0.4, 0.5) is 5.69 Å². The lowest BCUT2D eigenvalue weighted by Gasteiger charge is -2.31. The minimum Gasteiger partial charge on any atom is -0.465 e. The normalized spacial score (nSPS) is 20.7. The van der Waals surface area contributed by atoms with Crippen molar-refractivity contribution in [1.29, 1.82) is 0 Å². The number of esters is 2. The molecule has 138 valence electrons. The van der Waals surface area contributed by atoms with Gasteiger partial charge in [0.05, 0.1) is 24.3 Å². The van der Waals surface area contributed by atoms with Gasteiger partial charge in [-0.2, -0.15) is 0 Å². The third-order valence-corrected chi connectivity index (χ3v) is 4.71. The molecule has 0 aromatic heterocycles. The Kier molecular flexibility index (Phi) is 6.49. The molecule has 0 aliphatic heterocycles. The number of carbonyl (C=O) groups is 2. The minimum absolute atomic E-state index is 0.0418. The molecule has 1 aromatic rings. The van der Waals surface area contributed by atoms with Crippen LogP contribution in [0.15, 0.2) is 22.7 Å². The number of nitrogens with one attached hydrogen (secondary N) is 1. The van der Waals surface area contributed by atoms with E-state index in [2.05, 4.69) is 21.2 Å². The zero-order chi connectivity index (χ0) is 18.6. The number of rotatable bonds is 4. The highest BCUT2D eigenvalue weighted by atomic mass is 79.9. The maximum Gasteiger partial charge on any atom is 0.339 e. The summed E-state index contributed by atoms with van der Waals surface area (Å²) >= 11 is 3.44. The second-order valence-corrected chi connectivity index (χ2v) is 8.32. The monoisotopic (exact) mass is 411 g/mol. The molecule has 0 radical (unpaired) electrons. The number of anilines is 1. The Morgan fingerprint density at radius 1 is 1.16 bits per heavy atom. The first kappa shape index (κ1) is 19.8. The maximum atomic E-state index is 12.2. The van der Waals surface area contributed by atoms with Gasteiger partial charge >= 0.3 is 11.9 Å². The summed E-state index contributed by atoms with van der Waals surface area (Å²) < 4.78 is 11.2. The van der Waals surface area contributed by atoms with Crippen molar-refractivity contribution in [2.75, 3.05) is 12.4 Å². The zero-order valence-corrected chi connectivity index (χ0v) is 16.8. The molecule has 5 nitrogen and oxygen atoms in total. The van der Waals surface area contributed by atoms with Gasteiger partial charge in [0, 0.05) is 10.5 Å². The van der Waals surface area contributed by atoms with E-state index in [0.717, 1.165) is 35.8 Å². The van der Waals surface area contributed by atoms with Crippen molar-refractivity contribution in [3.05, 3.63) is 28.2 Å². The lowest BCUT2D eigenvalue weighted by atomic mass is 9.85. The predicted octanol–water partition coefficient (Wildman–Crippen LogP) is 4.55. The number of ether oxygens (including phenoxy) is 2. The molecule has 1 fully saturated rings. The Morgan fingerprint density at radius 2 is 1.80 bits per heavy atom. The lowest BCUT2D eigenvalue weighted by Crippen LogP contribution is -2.34. The molecule has 6 heteroatoms. The average Bonchev–Trinajstić information content (AvgIpc) is 2.53. The van der Waals surface area contributed by atoms with E-state index in [1.54, 1.807) is 6.07 Å². The van der Waals surface area contributed by atoms with Gasteiger partial charge in [0.2, 0.25) is 0 Å². The summed E-state index contributed by atoms with van der Waals surface area (Å²) in [5.41, 5.74) is 0.819. The SMILES string of the molecule is COC(=O)c1ccc(Br)cc1NC1CCC(C(=O)OC(C)(C)C)CC1. The molecule has 1 aliphatic carbocycles. The van der Waals surface area contributed by atoms with Crippen LogP contribution in [0.25, 0.3) is 0 Å². The lowest BCUT2D eigenvalue weighted by molar-refractivity contribution is -0.161. The molecule has 0 atom stereocenters. The fourth-order valence-corrected chi connectivity index (χ4v) is 3.36. The van der Waals surface area contributed by atoms with Gasteiger partial charge in [-0.1, -0.05) is 15.9 Å². The molecular weight excluding hydrogens is 386 g/mol. The summed E-state index contributed by atoms with van der Waals surface area (Å²) in [6.45, 7) is 5.67. The van der Waals surface area contributed by atoms with Gasteiger partial charge < -0.3 is 14.8 Å². The number of hydrogen-bond donors (Lipinski definition) is 1. The molecule has 1 aromatic carbocycles. The summed E-state index contributed by atoms with van der Waals surface area (Å²) in [6.07, 6.45) is 3.29. The first-order valence-electron chi connectivity index (χ1n) is 8.57. The minimum atomic E-state index is -0.447. The van der Waals surface area contributed by atoms with E-state index in [0.29, 0.717) is 5.56 Å². The Labute approximate surface area is 157 Å². The molecular formula is C19H26BrNO4. The molecule has 25 heavy (non-hydrogen) atoms. The van der Waals surface area contributed by atoms with E-state index in [1.807, 2.05) is 32.9 Å². The molecule has 0 heterocycles. The third kappa shape index (κ3) is 5.73. The molecule has 2 rings (SSSR count).